The fraction of sp³-hybridized carbons (Fsp3) is 0.188. The Kier molecular flexibility index (Phi) is 5.51. The number of ether oxygens (including phenoxy) is 1. The highest BCUT2D eigenvalue weighted by atomic mass is 16.6. The first-order chi connectivity index (χ1) is 11.1. The molecule has 0 aliphatic rings. The van der Waals surface area contributed by atoms with E-state index in [1.54, 1.807) is 30.3 Å². The number of carbonyl (C=O) groups excluding carboxylic acids is 2. The second-order valence-corrected chi connectivity index (χ2v) is 4.66. The monoisotopic (exact) mass is 317 g/mol. The number of furan rings is 1. The molecule has 2 N–H and O–H groups in total. The Morgan fingerprint density at radius 1 is 1.13 bits per heavy atom. The van der Waals surface area contributed by atoms with E-state index in [1.807, 2.05) is 0 Å². The highest BCUT2D eigenvalue weighted by molar-refractivity contribution is 5.92. The van der Waals surface area contributed by atoms with Gasteiger partial charge in [-0.15, -0.1) is 0 Å². The maximum Gasteiger partial charge on any atom is 0.345 e. The normalized spacial score (nSPS) is 11.5. The fourth-order valence-electron chi connectivity index (χ4n) is 1.79. The van der Waals surface area contributed by atoms with E-state index in [9.17, 15) is 14.4 Å². The smallest absolute Gasteiger partial charge is 0.345 e. The summed E-state index contributed by atoms with van der Waals surface area (Å²) in [6.45, 7) is 0.130. The largest absolute Gasteiger partial charge is 0.478 e. The molecule has 120 valence electrons. The molecule has 2 rings (SSSR count). The Morgan fingerprint density at radius 3 is 2.48 bits per heavy atom. The highest BCUT2D eigenvalue weighted by Crippen LogP contribution is 2.07. The molecule has 0 bridgehead atoms. The van der Waals surface area contributed by atoms with Crippen LogP contribution in [-0.2, 0) is 20.9 Å². The minimum absolute atomic E-state index is 0.130. The summed E-state index contributed by atoms with van der Waals surface area (Å²) in [6.07, 6.45) is -0.572. The lowest BCUT2D eigenvalue weighted by Crippen LogP contribution is -2.34. The molecule has 7 heteroatoms. The van der Waals surface area contributed by atoms with Crippen molar-refractivity contribution in [1.82, 2.24) is 5.32 Å². The van der Waals surface area contributed by atoms with Crippen molar-refractivity contribution < 1.29 is 28.6 Å². The Balaban J connectivity index is 1.89. The Bertz CT molecular complexity index is 665. The summed E-state index contributed by atoms with van der Waals surface area (Å²) in [5, 5.41) is 11.6. The number of rotatable bonds is 7. The van der Waals surface area contributed by atoms with Gasteiger partial charge in [0, 0.05) is 0 Å². The van der Waals surface area contributed by atoms with E-state index in [0.717, 1.165) is 0 Å². The van der Waals surface area contributed by atoms with Crippen LogP contribution in [0, 0.1) is 0 Å². The van der Waals surface area contributed by atoms with Gasteiger partial charge in [-0.1, -0.05) is 18.2 Å². The molecule has 1 atom stereocenters. The first kappa shape index (κ1) is 16.3. The maximum absolute atomic E-state index is 11.9. The van der Waals surface area contributed by atoms with E-state index in [2.05, 4.69) is 5.32 Å². The van der Waals surface area contributed by atoms with Crippen molar-refractivity contribution in [3.63, 3.8) is 0 Å². The second kappa shape index (κ2) is 7.79. The van der Waals surface area contributed by atoms with E-state index < -0.39 is 30.4 Å². The SMILES string of the molecule is O=C(C[C@@H](OC(=O)c1ccccc1)C(=O)O)NCc1ccco1. The standard InChI is InChI=1S/C16H15NO6/c18-14(17-10-12-7-4-8-22-12)9-13(15(19)20)23-16(21)11-5-2-1-3-6-11/h1-8,13H,9-10H2,(H,17,18)(H,19,20)/t13-/m1/s1. The van der Waals surface area contributed by atoms with Crippen LogP contribution in [0.2, 0.25) is 0 Å². The number of carbonyl (C=O) groups is 3. The van der Waals surface area contributed by atoms with Crippen molar-refractivity contribution in [1.29, 1.82) is 0 Å². The molecule has 1 aromatic carbocycles. The van der Waals surface area contributed by atoms with Crippen LogP contribution in [0.3, 0.4) is 0 Å². The molecule has 0 fully saturated rings. The lowest BCUT2D eigenvalue weighted by Gasteiger charge is -2.13. The molecule has 0 aliphatic carbocycles. The van der Waals surface area contributed by atoms with E-state index in [4.69, 9.17) is 14.3 Å². The maximum atomic E-state index is 11.9. The van der Waals surface area contributed by atoms with E-state index in [-0.39, 0.29) is 12.1 Å². The van der Waals surface area contributed by atoms with Gasteiger partial charge in [0.25, 0.3) is 0 Å². The molecule has 23 heavy (non-hydrogen) atoms. The molecule has 0 unspecified atom stereocenters. The van der Waals surface area contributed by atoms with Crippen LogP contribution >= 0.6 is 0 Å². The van der Waals surface area contributed by atoms with Crippen LogP contribution in [0.25, 0.3) is 0 Å². The van der Waals surface area contributed by atoms with Gasteiger partial charge in [0.15, 0.2) is 0 Å². The first-order valence-corrected chi connectivity index (χ1v) is 6.84. The Hall–Kier alpha value is -3.09. The van der Waals surface area contributed by atoms with Gasteiger partial charge in [-0.05, 0) is 24.3 Å². The van der Waals surface area contributed by atoms with Crippen molar-refractivity contribution in [2.75, 3.05) is 0 Å². The summed E-state index contributed by atoms with van der Waals surface area (Å²) < 4.78 is 9.93. The van der Waals surface area contributed by atoms with Crippen LogP contribution < -0.4 is 5.32 Å². The second-order valence-electron chi connectivity index (χ2n) is 4.66. The van der Waals surface area contributed by atoms with Crippen LogP contribution in [0.15, 0.2) is 53.1 Å². The van der Waals surface area contributed by atoms with Gasteiger partial charge in [0.05, 0.1) is 24.8 Å². The minimum Gasteiger partial charge on any atom is -0.478 e. The number of amides is 1. The summed E-state index contributed by atoms with van der Waals surface area (Å²) in [5.41, 5.74) is 0.217. The predicted molar refractivity (Wildman–Crippen MR) is 78.5 cm³/mol. The lowest BCUT2D eigenvalue weighted by molar-refractivity contribution is -0.149. The molecule has 7 nitrogen and oxygen atoms in total. The Morgan fingerprint density at radius 2 is 1.87 bits per heavy atom. The fourth-order valence-corrected chi connectivity index (χ4v) is 1.79. The number of benzene rings is 1. The van der Waals surface area contributed by atoms with Gasteiger partial charge < -0.3 is 19.6 Å². The first-order valence-electron chi connectivity index (χ1n) is 6.84. The summed E-state index contributed by atoms with van der Waals surface area (Å²) in [7, 11) is 0. The third-order valence-electron chi connectivity index (χ3n) is 2.94. The molecule has 1 aromatic heterocycles. The third-order valence-corrected chi connectivity index (χ3v) is 2.94. The number of carboxylic acid groups (broad SMARTS) is 1. The average Bonchev–Trinajstić information content (AvgIpc) is 3.06. The van der Waals surface area contributed by atoms with Crippen molar-refractivity contribution in [2.45, 2.75) is 19.1 Å². The van der Waals surface area contributed by atoms with E-state index >= 15 is 0 Å². The lowest BCUT2D eigenvalue weighted by atomic mass is 10.2. The van der Waals surface area contributed by atoms with Crippen molar-refractivity contribution in [3.8, 4) is 0 Å². The number of hydrogen-bond donors (Lipinski definition) is 2. The molecule has 0 saturated carbocycles. The molecule has 0 radical (unpaired) electrons. The quantitative estimate of drug-likeness (QED) is 0.751. The molecule has 0 aliphatic heterocycles. The van der Waals surface area contributed by atoms with E-state index in [0.29, 0.717) is 5.76 Å². The van der Waals surface area contributed by atoms with Gasteiger partial charge in [-0.3, -0.25) is 4.79 Å². The van der Waals surface area contributed by atoms with Gasteiger partial charge >= 0.3 is 11.9 Å². The molecule has 0 saturated heterocycles. The summed E-state index contributed by atoms with van der Waals surface area (Å²) in [5.74, 6) is -2.21. The third kappa shape index (κ3) is 4.99. The predicted octanol–water partition coefficient (Wildman–Crippen LogP) is 1.60. The summed E-state index contributed by atoms with van der Waals surface area (Å²) in [4.78, 5) is 34.8. The molecule has 1 heterocycles. The Labute approximate surface area is 131 Å². The molecule has 0 spiro atoms. The number of hydrogen-bond acceptors (Lipinski definition) is 5. The van der Waals surface area contributed by atoms with Gasteiger partial charge in [-0.2, -0.15) is 0 Å². The zero-order valence-corrected chi connectivity index (χ0v) is 12.1. The van der Waals surface area contributed by atoms with Crippen LogP contribution in [-0.4, -0.2) is 29.1 Å². The van der Waals surface area contributed by atoms with Gasteiger partial charge in [-0.25, -0.2) is 9.59 Å². The van der Waals surface area contributed by atoms with Crippen LogP contribution in [0.4, 0.5) is 0 Å². The molecule has 1 amide bonds. The average molecular weight is 317 g/mol. The number of aliphatic carboxylic acids is 1. The number of nitrogens with one attached hydrogen (secondary N) is 1. The van der Waals surface area contributed by atoms with Gasteiger partial charge in [0.1, 0.15) is 5.76 Å². The zero-order chi connectivity index (χ0) is 16.7. The summed E-state index contributed by atoms with van der Waals surface area (Å²) in [6, 6.07) is 11.3. The molecular formula is C16H15NO6. The van der Waals surface area contributed by atoms with Gasteiger partial charge in [0.2, 0.25) is 12.0 Å². The number of esters is 1. The van der Waals surface area contributed by atoms with Crippen molar-refractivity contribution in [3.05, 3.63) is 60.1 Å². The van der Waals surface area contributed by atoms with Crippen LogP contribution in [0.1, 0.15) is 22.5 Å². The van der Waals surface area contributed by atoms with Crippen molar-refractivity contribution in [2.24, 2.45) is 0 Å². The van der Waals surface area contributed by atoms with Crippen molar-refractivity contribution >= 4 is 17.8 Å². The zero-order valence-electron chi connectivity index (χ0n) is 12.1. The van der Waals surface area contributed by atoms with Crippen LogP contribution in [0.5, 0.6) is 0 Å². The number of carboxylic acids is 1. The topological polar surface area (TPSA) is 106 Å². The molecular weight excluding hydrogens is 302 g/mol. The summed E-state index contributed by atoms with van der Waals surface area (Å²) >= 11 is 0. The molecule has 2 aromatic rings. The highest BCUT2D eigenvalue weighted by Gasteiger charge is 2.26. The minimum atomic E-state index is -1.56. The van der Waals surface area contributed by atoms with E-state index in [1.165, 1.54) is 18.4 Å².